The summed E-state index contributed by atoms with van der Waals surface area (Å²) in [5, 5.41) is 18.7. The van der Waals surface area contributed by atoms with Crippen molar-refractivity contribution in [3.8, 4) is 0 Å². The lowest BCUT2D eigenvalue weighted by molar-refractivity contribution is -0.139. The number of halogens is 2. The number of rotatable bonds is 9. The number of nitrogens with zero attached hydrogens (tertiary/aromatic N) is 1. The van der Waals surface area contributed by atoms with E-state index >= 15 is 0 Å². The van der Waals surface area contributed by atoms with E-state index in [4.69, 9.17) is 23.2 Å². The molecule has 192 valence electrons. The summed E-state index contributed by atoms with van der Waals surface area (Å²) in [6.45, 7) is 0. The molecule has 0 aliphatic heterocycles. The van der Waals surface area contributed by atoms with Crippen LogP contribution in [0.15, 0.2) is 66.9 Å². The average molecular weight is 541 g/mol. The summed E-state index contributed by atoms with van der Waals surface area (Å²) in [6, 6.07) is 16.2. The largest absolute Gasteiger partial charge is 0.480 e. The summed E-state index contributed by atoms with van der Waals surface area (Å²) in [5.41, 5.74) is 1.32. The Labute approximate surface area is 224 Å². The fourth-order valence-corrected chi connectivity index (χ4v) is 4.93. The molecule has 0 unspecified atom stereocenters. The Balaban J connectivity index is 1.31. The Kier molecular flexibility index (Phi) is 8.63. The van der Waals surface area contributed by atoms with Gasteiger partial charge < -0.3 is 21.1 Å². The molecule has 1 aliphatic rings. The van der Waals surface area contributed by atoms with E-state index in [1.807, 2.05) is 18.2 Å². The van der Waals surface area contributed by atoms with Crippen LogP contribution in [0.25, 0.3) is 0 Å². The number of anilines is 2. The van der Waals surface area contributed by atoms with Crippen LogP contribution in [-0.2, 0) is 16.0 Å². The summed E-state index contributed by atoms with van der Waals surface area (Å²) in [5.74, 6) is -1.22. The van der Waals surface area contributed by atoms with Gasteiger partial charge in [0.25, 0.3) is 5.91 Å². The highest BCUT2D eigenvalue weighted by Crippen LogP contribution is 2.29. The number of carboxylic acids is 1. The highest BCUT2D eigenvalue weighted by atomic mass is 35.5. The zero-order valence-corrected chi connectivity index (χ0v) is 21.3. The third-order valence-corrected chi connectivity index (χ3v) is 6.90. The number of benzene rings is 2. The van der Waals surface area contributed by atoms with Crippen molar-refractivity contribution in [2.45, 2.75) is 37.8 Å². The molecule has 2 amide bonds. The predicted octanol–water partition coefficient (Wildman–Crippen LogP) is 5.03. The number of nitrogens with one attached hydrogen (secondary N) is 3. The molecule has 3 aromatic rings. The van der Waals surface area contributed by atoms with E-state index in [9.17, 15) is 19.5 Å². The number of aliphatic carboxylic acids is 1. The number of carbonyl (C=O) groups excluding carboxylic acids is 2. The van der Waals surface area contributed by atoms with Crippen molar-refractivity contribution < 1.29 is 19.5 Å². The van der Waals surface area contributed by atoms with Crippen LogP contribution in [0.5, 0.6) is 0 Å². The molecular formula is C27H26Cl2N4O4. The monoisotopic (exact) mass is 540 g/mol. The number of hydrogen-bond donors (Lipinski definition) is 4. The van der Waals surface area contributed by atoms with Gasteiger partial charge in [-0.1, -0.05) is 47.5 Å². The highest BCUT2D eigenvalue weighted by Gasteiger charge is 2.30. The molecule has 0 saturated heterocycles. The van der Waals surface area contributed by atoms with Gasteiger partial charge in [0.15, 0.2) is 0 Å². The molecule has 0 spiro atoms. The van der Waals surface area contributed by atoms with Crippen LogP contribution < -0.4 is 16.0 Å². The molecule has 10 heteroatoms. The van der Waals surface area contributed by atoms with Gasteiger partial charge >= 0.3 is 5.97 Å². The minimum Gasteiger partial charge on any atom is -0.480 e. The van der Waals surface area contributed by atoms with Crippen molar-refractivity contribution in [1.82, 2.24) is 10.3 Å². The number of aromatic nitrogens is 1. The first-order chi connectivity index (χ1) is 17.8. The number of amides is 2. The van der Waals surface area contributed by atoms with E-state index in [2.05, 4.69) is 20.9 Å². The van der Waals surface area contributed by atoms with Crippen LogP contribution in [0.3, 0.4) is 0 Å². The van der Waals surface area contributed by atoms with Crippen molar-refractivity contribution in [3.63, 3.8) is 0 Å². The molecule has 0 bridgehead atoms. The Morgan fingerprint density at radius 2 is 1.70 bits per heavy atom. The van der Waals surface area contributed by atoms with Crippen LogP contribution in [0, 0.1) is 5.92 Å². The van der Waals surface area contributed by atoms with Gasteiger partial charge in [-0.3, -0.25) is 9.59 Å². The molecule has 2 aromatic carbocycles. The fraction of sp³-hybridized carbons (Fsp3) is 0.259. The lowest BCUT2D eigenvalue weighted by Crippen LogP contribution is -2.42. The molecule has 1 fully saturated rings. The second-order valence-corrected chi connectivity index (χ2v) is 9.73. The van der Waals surface area contributed by atoms with Crippen LogP contribution in [0.2, 0.25) is 10.0 Å². The molecule has 1 aliphatic carbocycles. The van der Waals surface area contributed by atoms with Crippen LogP contribution in [0.1, 0.15) is 35.2 Å². The second-order valence-electron chi connectivity index (χ2n) is 8.92. The van der Waals surface area contributed by atoms with Crippen molar-refractivity contribution in [1.29, 1.82) is 0 Å². The number of carbonyl (C=O) groups is 3. The zero-order chi connectivity index (χ0) is 26.4. The zero-order valence-electron chi connectivity index (χ0n) is 19.8. The molecule has 4 rings (SSSR count). The van der Waals surface area contributed by atoms with Crippen molar-refractivity contribution in [3.05, 3.63) is 88.0 Å². The van der Waals surface area contributed by atoms with Gasteiger partial charge in [-0.25, -0.2) is 9.78 Å². The van der Waals surface area contributed by atoms with E-state index in [1.54, 1.807) is 36.5 Å². The first-order valence-electron chi connectivity index (χ1n) is 11.8. The summed E-state index contributed by atoms with van der Waals surface area (Å²) in [6.07, 6.45) is 4.15. The Bertz CT molecular complexity index is 1250. The highest BCUT2D eigenvalue weighted by molar-refractivity contribution is 6.39. The maximum absolute atomic E-state index is 12.8. The smallest absolute Gasteiger partial charge is 0.326 e. The molecule has 0 radical (unpaired) electrons. The molecule has 1 aromatic heterocycles. The van der Waals surface area contributed by atoms with Gasteiger partial charge in [0, 0.05) is 30.3 Å². The maximum Gasteiger partial charge on any atom is 0.326 e. The molecular weight excluding hydrogens is 515 g/mol. The summed E-state index contributed by atoms with van der Waals surface area (Å²) < 4.78 is 0. The van der Waals surface area contributed by atoms with Gasteiger partial charge in [0.1, 0.15) is 11.9 Å². The summed E-state index contributed by atoms with van der Waals surface area (Å²) in [4.78, 5) is 41.5. The first kappa shape index (κ1) is 26.4. The number of hydrogen-bond acceptors (Lipinski definition) is 5. The summed E-state index contributed by atoms with van der Waals surface area (Å²) >= 11 is 12.1. The number of pyridine rings is 1. The molecule has 3 atom stereocenters. The van der Waals surface area contributed by atoms with Crippen LogP contribution >= 0.6 is 23.2 Å². The lowest BCUT2D eigenvalue weighted by atomic mass is 10.0. The van der Waals surface area contributed by atoms with Gasteiger partial charge in [-0.2, -0.15) is 0 Å². The van der Waals surface area contributed by atoms with E-state index in [0.717, 1.165) is 25.1 Å². The van der Waals surface area contributed by atoms with Crippen molar-refractivity contribution in [2.75, 3.05) is 10.6 Å². The summed E-state index contributed by atoms with van der Waals surface area (Å²) in [7, 11) is 0. The third-order valence-electron chi connectivity index (χ3n) is 6.27. The molecule has 37 heavy (non-hydrogen) atoms. The molecule has 1 heterocycles. The van der Waals surface area contributed by atoms with Gasteiger partial charge in [-0.15, -0.1) is 0 Å². The third kappa shape index (κ3) is 6.99. The lowest BCUT2D eigenvalue weighted by Gasteiger charge is -2.16. The van der Waals surface area contributed by atoms with E-state index in [0.29, 0.717) is 11.3 Å². The van der Waals surface area contributed by atoms with E-state index < -0.39 is 17.9 Å². The second kappa shape index (κ2) is 12.1. The Hall–Kier alpha value is -3.62. The Morgan fingerprint density at radius 1 is 0.973 bits per heavy atom. The SMILES string of the molecule is O=C(N[C@@H](Cc1ccc(NC(=O)[C@H]2CC[C@H](Nc3ccccn3)C2)cc1)C(=O)O)c1c(Cl)cccc1Cl. The normalized spacial score (nSPS) is 17.6. The van der Waals surface area contributed by atoms with Crippen molar-refractivity contribution >= 4 is 52.5 Å². The first-order valence-corrected chi connectivity index (χ1v) is 12.6. The van der Waals surface area contributed by atoms with E-state index in [-0.39, 0.29) is 39.9 Å². The van der Waals surface area contributed by atoms with Gasteiger partial charge in [0.2, 0.25) is 5.91 Å². The minimum absolute atomic E-state index is 0.0273. The standard InChI is InChI=1S/C27H26Cl2N4O4/c28-20-4-3-5-21(29)24(20)26(35)33-22(27(36)37)14-16-7-10-18(11-8-16)32-25(34)17-9-12-19(15-17)31-23-6-1-2-13-30-23/h1-8,10-11,13,17,19,22H,9,12,14-15H2,(H,30,31)(H,32,34)(H,33,35)(H,36,37)/t17-,19-,22-/m0/s1. The Morgan fingerprint density at radius 3 is 2.35 bits per heavy atom. The predicted molar refractivity (Wildman–Crippen MR) is 143 cm³/mol. The average Bonchev–Trinajstić information content (AvgIpc) is 3.34. The van der Waals surface area contributed by atoms with E-state index in [1.165, 1.54) is 12.1 Å². The molecule has 1 saturated carbocycles. The van der Waals surface area contributed by atoms with Gasteiger partial charge in [0.05, 0.1) is 15.6 Å². The fourth-order valence-electron chi connectivity index (χ4n) is 4.36. The van der Waals surface area contributed by atoms with Crippen LogP contribution in [0.4, 0.5) is 11.5 Å². The molecule has 4 N–H and O–H groups in total. The molecule has 8 nitrogen and oxygen atoms in total. The van der Waals surface area contributed by atoms with Crippen LogP contribution in [-0.4, -0.2) is 40.0 Å². The number of carboxylic acid groups (broad SMARTS) is 1. The minimum atomic E-state index is -1.19. The quantitative estimate of drug-likeness (QED) is 0.302. The van der Waals surface area contributed by atoms with Gasteiger partial charge in [-0.05, 0) is 61.2 Å². The van der Waals surface area contributed by atoms with Crippen molar-refractivity contribution in [2.24, 2.45) is 5.92 Å². The maximum atomic E-state index is 12.8. The topological polar surface area (TPSA) is 120 Å².